The van der Waals surface area contributed by atoms with Gasteiger partial charge in [0.1, 0.15) is 23.1 Å². The van der Waals surface area contributed by atoms with Crippen LogP contribution in [0.5, 0.6) is 0 Å². The van der Waals surface area contributed by atoms with E-state index in [1.54, 1.807) is 32.9 Å². The highest BCUT2D eigenvalue weighted by Gasteiger charge is 2.52. The van der Waals surface area contributed by atoms with Gasteiger partial charge in [-0.3, -0.25) is 0 Å². The molecule has 4 nitrogen and oxygen atoms in total. The van der Waals surface area contributed by atoms with Gasteiger partial charge < -0.3 is 9.29 Å². The van der Waals surface area contributed by atoms with Crippen molar-refractivity contribution >= 4 is 17.3 Å². The number of nitrogens with one attached hydrogen (secondary N) is 1. The maximum atomic E-state index is 15.5. The highest BCUT2D eigenvalue weighted by molar-refractivity contribution is 7.89. The number of carbonyl (C=O) groups excluding carboxylic acids is 1. The Hall–Kier alpha value is -2.36. The molecule has 0 heterocycles. The Labute approximate surface area is 225 Å². The van der Waals surface area contributed by atoms with Gasteiger partial charge in [-0.25, -0.2) is 18.0 Å². The van der Waals surface area contributed by atoms with Gasteiger partial charge in [0.15, 0.2) is 0 Å². The fourth-order valence-electron chi connectivity index (χ4n) is 4.88. The van der Waals surface area contributed by atoms with E-state index in [0.717, 1.165) is 31.0 Å². The second-order valence-electron chi connectivity index (χ2n) is 11.1. The van der Waals surface area contributed by atoms with Gasteiger partial charge in [0.25, 0.3) is 6.01 Å². The molecule has 1 fully saturated rings. The minimum absolute atomic E-state index is 0.0692. The topological polar surface area (TPSA) is 61.4 Å². The molecular weight excluding hydrogens is 518 g/mol. The van der Waals surface area contributed by atoms with Crippen molar-refractivity contribution in [3.05, 3.63) is 71.6 Å². The summed E-state index contributed by atoms with van der Waals surface area (Å²) in [7, 11) is 0. The van der Waals surface area contributed by atoms with Gasteiger partial charge in [-0.1, -0.05) is 31.7 Å². The molecule has 0 radical (unpaired) electrons. The maximum Gasteiger partial charge on any atom is 0.333 e. The predicted octanol–water partition coefficient (Wildman–Crippen LogP) is 6.96. The highest BCUT2D eigenvalue weighted by Crippen LogP contribution is 2.55. The third kappa shape index (κ3) is 7.83. The molecule has 3 rings (SSSR count). The molecule has 1 aliphatic rings. The molecule has 0 spiro atoms. The van der Waals surface area contributed by atoms with Crippen LogP contribution in [0, 0.1) is 28.8 Å². The molecule has 2 aromatic carbocycles. The van der Waals surface area contributed by atoms with Crippen LogP contribution in [0.15, 0.2) is 48.6 Å². The third-order valence-electron chi connectivity index (χ3n) is 6.88. The molecule has 0 aromatic heterocycles. The van der Waals surface area contributed by atoms with Crippen molar-refractivity contribution in [2.24, 2.45) is 11.3 Å². The van der Waals surface area contributed by atoms with Crippen molar-refractivity contribution in [3.63, 3.8) is 0 Å². The Bertz CT molecular complexity index is 1140. The number of benzene rings is 2. The second kappa shape index (κ2) is 12.2. The van der Waals surface area contributed by atoms with Crippen molar-refractivity contribution in [1.29, 1.82) is 0 Å². The van der Waals surface area contributed by atoms with Crippen LogP contribution in [-0.2, 0) is 27.3 Å². The average molecular weight is 554 g/mol. The molecule has 0 saturated heterocycles. The summed E-state index contributed by atoms with van der Waals surface area (Å²) in [5.41, 5.74) is -0.211. The van der Waals surface area contributed by atoms with Gasteiger partial charge in [0.05, 0.1) is 17.4 Å². The Balaban J connectivity index is 1.80. The summed E-state index contributed by atoms with van der Waals surface area (Å²) < 4.78 is 76.7. The van der Waals surface area contributed by atoms with Crippen LogP contribution in [0.4, 0.5) is 17.6 Å². The van der Waals surface area contributed by atoms with Crippen molar-refractivity contribution in [1.82, 2.24) is 4.72 Å². The lowest BCUT2D eigenvalue weighted by molar-refractivity contribution is -0.150. The molecule has 1 N–H and O–H groups in total. The van der Waals surface area contributed by atoms with Gasteiger partial charge >= 0.3 is 5.97 Å². The summed E-state index contributed by atoms with van der Waals surface area (Å²) in [6, 6.07) is 6.03. The Morgan fingerprint density at radius 1 is 1.18 bits per heavy atom. The Morgan fingerprint density at radius 2 is 1.82 bits per heavy atom. The summed E-state index contributed by atoms with van der Waals surface area (Å²) in [5.74, 6) is -2.97. The van der Waals surface area contributed by atoms with E-state index in [0.29, 0.717) is 24.0 Å². The van der Waals surface area contributed by atoms with Crippen LogP contribution in [0.25, 0.3) is 11.1 Å². The lowest BCUT2D eigenvalue weighted by Gasteiger charge is -2.33. The smallest absolute Gasteiger partial charge is 0.333 e. The fourth-order valence-corrected chi connectivity index (χ4v) is 5.71. The largest absolute Gasteiger partial charge is 0.596 e. The minimum Gasteiger partial charge on any atom is -0.596 e. The van der Waals surface area contributed by atoms with E-state index in [-0.39, 0.29) is 28.9 Å². The number of carbonyl (C=O) groups is 1. The van der Waals surface area contributed by atoms with E-state index < -0.39 is 52.4 Å². The summed E-state index contributed by atoms with van der Waals surface area (Å²) >= 11 is -1.93. The number of halogens is 4. The van der Waals surface area contributed by atoms with Crippen molar-refractivity contribution in [2.45, 2.75) is 71.4 Å². The molecule has 2 aromatic rings. The molecule has 0 bridgehead atoms. The van der Waals surface area contributed by atoms with E-state index in [1.807, 2.05) is 6.92 Å². The average Bonchev–Trinajstić information content (AvgIpc) is 3.61. The standard InChI is InChI=1S/C29H35F4NO3S/c1-18(27(35)37-28(3,4)5)9-10-29(11-12-29)26(34-38(36)17-30)19(2)13-20-7-6-8-24(25(20)33)21-14-22(31)16-23(32)15-21/h6-8,14-16,19,26,34H,1,9-13,17H2,2-5H3/t19-,26+,38?/m0/s1. The number of alkyl halides is 1. The van der Waals surface area contributed by atoms with Gasteiger partial charge in [-0.15, -0.1) is 4.72 Å². The molecule has 1 aliphatic carbocycles. The molecule has 0 aliphatic heterocycles. The fraction of sp³-hybridized carbons (Fsp3) is 0.483. The highest BCUT2D eigenvalue weighted by atomic mass is 32.2. The number of esters is 1. The molecule has 1 unspecified atom stereocenters. The normalized spacial score (nSPS) is 17.0. The number of ether oxygens (including phenoxy) is 1. The zero-order valence-corrected chi connectivity index (χ0v) is 23.0. The van der Waals surface area contributed by atoms with Gasteiger partial charge in [-0.05, 0) is 87.5 Å². The summed E-state index contributed by atoms with van der Waals surface area (Å²) in [4.78, 5) is 12.4. The number of rotatable bonds is 12. The minimum atomic E-state index is -1.93. The molecule has 0 amide bonds. The monoisotopic (exact) mass is 553 g/mol. The van der Waals surface area contributed by atoms with Gasteiger partial charge in [0.2, 0.25) is 0 Å². The van der Waals surface area contributed by atoms with E-state index in [2.05, 4.69) is 11.3 Å². The predicted molar refractivity (Wildman–Crippen MR) is 142 cm³/mol. The first-order valence-electron chi connectivity index (χ1n) is 12.6. The molecule has 1 saturated carbocycles. The van der Waals surface area contributed by atoms with E-state index in [9.17, 15) is 22.5 Å². The van der Waals surface area contributed by atoms with Crippen molar-refractivity contribution in [2.75, 3.05) is 6.01 Å². The lowest BCUT2D eigenvalue weighted by Crippen LogP contribution is -2.47. The summed E-state index contributed by atoms with van der Waals surface area (Å²) in [6.07, 6.45) is 2.66. The van der Waals surface area contributed by atoms with Gasteiger partial charge in [0, 0.05) is 17.2 Å². The van der Waals surface area contributed by atoms with Crippen LogP contribution < -0.4 is 4.72 Å². The molecular formula is C29H35F4NO3S. The second-order valence-corrected chi connectivity index (χ2v) is 12.3. The zero-order chi connectivity index (χ0) is 28.3. The first kappa shape index (κ1) is 30.2. The Morgan fingerprint density at radius 3 is 2.37 bits per heavy atom. The van der Waals surface area contributed by atoms with E-state index >= 15 is 4.39 Å². The molecule has 38 heavy (non-hydrogen) atoms. The number of hydrogen-bond acceptors (Lipinski definition) is 4. The SMILES string of the molecule is C=C(CCC1([C@H](N[S+]([O-])CF)[C@@H](C)Cc2cccc(-c3cc(F)cc(F)c3)c2F)CC1)C(=O)OC(C)(C)C. The lowest BCUT2D eigenvalue weighted by atomic mass is 9.80. The van der Waals surface area contributed by atoms with Crippen LogP contribution >= 0.6 is 0 Å². The van der Waals surface area contributed by atoms with Crippen LogP contribution in [-0.4, -0.2) is 28.2 Å². The van der Waals surface area contributed by atoms with E-state index in [1.165, 1.54) is 6.07 Å². The van der Waals surface area contributed by atoms with Crippen molar-refractivity contribution < 1.29 is 31.6 Å². The first-order chi connectivity index (χ1) is 17.7. The van der Waals surface area contributed by atoms with Crippen LogP contribution in [0.1, 0.15) is 58.9 Å². The number of hydrogen-bond donors (Lipinski definition) is 1. The molecule has 3 atom stereocenters. The van der Waals surface area contributed by atoms with E-state index in [4.69, 9.17) is 4.74 Å². The quantitative estimate of drug-likeness (QED) is 0.134. The third-order valence-corrected chi connectivity index (χ3v) is 7.60. The Kier molecular flexibility index (Phi) is 9.71. The van der Waals surface area contributed by atoms with Crippen LogP contribution in [0.2, 0.25) is 0 Å². The first-order valence-corrected chi connectivity index (χ1v) is 13.9. The summed E-state index contributed by atoms with van der Waals surface area (Å²) in [6.45, 7) is 11.0. The van der Waals surface area contributed by atoms with Crippen molar-refractivity contribution in [3.8, 4) is 11.1 Å². The summed E-state index contributed by atoms with van der Waals surface area (Å²) in [5, 5.41) is 0. The zero-order valence-electron chi connectivity index (χ0n) is 22.2. The molecule has 208 valence electrons. The maximum absolute atomic E-state index is 15.5. The van der Waals surface area contributed by atoms with Crippen LogP contribution in [0.3, 0.4) is 0 Å². The van der Waals surface area contributed by atoms with Gasteiger partial charge in [-0.2, -0.15) is 4.39 Å². The molecule has 9 heteroatoms.